The molecule has 0 aliphatic carbocycles. The monoisotopic (exact) mass is 421 g/mol. The average Bonchev–Trinajstić information content (AvgIpc) is 3.09. The lowest BCUT2D eigenvalue weighted by molar-refractivity contribution is -1.02. The maximum Gasteiger partial charge on any atom is 0.288 e. The van der Waals surface area contributed by atoms with Crippen molar-refractivity contribution in [2.24, 2.45) is 0 Å². The Balaban J connectivity index is 1.28. The number of amides is 2. The number of hydrogen-bond acceptors (Lipinski definition) is 3. The van der Waals surface area contributed by atoms with E-state index in [0.29, 0.717) is 13.0 Å². The summed E-state index contributed by atoms with van der Waals surface area (Å²) in [5.41, 5.74) is 2.16. The van der Waals surface area contributed by atoms with Gasteiger partial charge in [-0.1, -0.05) is 48.5 Å². The molecule has 2 aromatic carbocycles. The molecule has 0 saturated carbocycles. The van der Waals surface area contributed by atoms with Crippen molar-refractivity contribution in [3.63, 3.8) is 0 Å². The topological polar surface area (TPSA) is 55.5 Å². The first-order chi connectivity index (χ1) is 15.1. The molecule has 0 unspecified atom stereocenters. The fourth-order valence-corrected chi connectivity index (χ4v) is 4.48. The summed E-state index contributed by atoms with van der Waals surface area (Å²) in [6, 6.07) is 17.6. The van der Waals surface area contributed by atoms with Gasteiger partial charge in [0.1, 0.15) is 31.9 Å². The van der Waals surface area contributed by atoms with Crippen molar-refractivity contribution >= 4 is 17.9 Å². The van der Waals surface area contributed by atoms with Gasteiger partial charge in [-0.2, -0.15) is 0 Å². The Morgan fingerprint density at radius 2 is 1.71 bits per heavy atom. The van der Waals surface area contributed by atoms with E-state index in [1.807, 2.05) is 42.5 Å². The van der Waals surface area contributed by atoms with Gasteiger partial charge >= 0.3 is 0 Å². The van der Waals surface area contributed by atoms with E-state index in [1.54, 1.807) is 7.11 Å². The molecule has 6 nitrogen and oxygen atoms in total. The molecule has 2 aromatic rings. The molecule has 4 rings (SSSR count). The minimum Gasteiger partial charge on any atom is -0.497 e. The maximum absolute atomic E-state index is 13.0. The highest BCUT2D eigenvalue weighted by molar-refractivity contribution is 6.04. The summed E-state index contributed by atoms with van der Waals surface area (Å²) in [4.78, 5) is 29.8. The number of methoxy groups -OCH3 is 1. The zero-order valence-electron chi connectivity index (χ0n) is 18.0. The van der Waals surface area contributed by atoms with E-state index >= 15 is 0 Å². The van der Waals surface area contributed by atoms with Crippen molar-refractivity contribution in [2.45, 2.75) is 19.0 Å². The number of quaternary nitrogens is 2. The van der Waals surface area contributed by atoms with Crippen LogP contribution in [0.25, 0.3) is 6.08 Å². The molecule has 2 saturated heterocycles. The lowest BCUT2D eigenvalue weighted by atomic mass is 10.1. The van der Waals surface area contributed by atoms with Gasteiger partial charge in [-0.05, 0) is 29.3 Å². The number of nitrogens with zero attached hydrogens (tertiary/aromatic N) is 1. The maximum atomic E-state index is 13.0. The molecule has 31 heavy (non-hydrogen) atoms. The van der Waals surface area contributed by atoms with Crippen LogP contribution >= 0.6 is 0 Å². The predicted molar refractivity (Wildman–Crippen MR) is 119 cm³/mol. The first kappa shape index (κ1) is 21.3. The lowest BCUT2D eigenvalue weighted by Crippen LogP contribution is -3.30. The van der Waals surface area contributed by atoms with E-state index in [0.717, 1.165) is 44.0 Å². The zero-order valence-corrected chi connectivity index (χ0v) is 18.0. The molecule has 2 aliphatic heterocycles. The van der Waals surface area contributed by atoms with Crippen molar-refractivity contribution in [3.05, 3.63) is 71.8 Å². The standard InChI is InChI=1S/C25H29N3O3/c1-31-22-11-9-21(10-12-22)19-28-24(29)18-23(25(28)30)27-16-14-26(15-17-27)13-5-8-20-6-3-2-4-7-20/h2-12,23H,13-19H2,1H3/p+2/b8-5+/t23-/m0/s1. The van der Waals surface area contributed by atoms with E-state index in [9.17, 15) is 9.59 Å². The third-order valence-corrected chi connectivity index (χ3v) is 6.35. The largest absolute Gasteiger partial charge is 0.497 e. The van der Waals surface area contributed by atoms with Crippen molar-refractivity contribution in [1.29, 1.82) is 0 Å². The highest BCUT2D eigenvalue weighted by Gasteiger charge is 2.46. The van der Waals surface area contributed by atoms with Gasteiger partial charge in [0.05, 0.1) is 26.6 Å². The van der Waals surface area contributed by atoms with Crippen LogP contribution in [0.3, 0.4) is 0 Å². The van der Waals surface area contributed by atoms with E-state index in [4.69, 9.17) is 4.74 Å². The van der Waals surface area contributed by atoms with Crippen LogP contribution in [0.2, 0.25) is 0 Å². The number of imide groups is 1. The molecular formula is C25H31N3O3+2. The summed E-state index contributed by atoms with van der Waals surface area (Å²) >= 11 is 0. The number of carbonyl (C=O) groups is 2. The van der Waals surface area contributed by atoms with Crippen LogP contribution in [-0.4, -0.2) is 62.6 Å². The second-order valence-electron chi connectivity index (χ2n) is 8.35. The van der Waals surface area contributed by atoms with Gasteiger partial charge in [0, 0.05) is 0 Å². The zero-order chi connectivity index (χ0) is 21.6. The Hall–Kier alpha value is -2.96. The minimum absolute atomic E-state index is 0.0248. The SMILES string of the molecule is COc1ccc(CN2C(=O)C[C@H]([NH+]3CC[NH+](C/C=C/c4ccccc4)CC3)C2=O)cc1. The molecule has 2 N–H and O–H groups in total. The molecule has 0 aromatic heterocycles. The van der Waals surface area contributed by atoms with E-state index in [2.05, 4.69) is 24.3 Å². The molecule has 2 amide bonds. The van der Waals surface area contributed by atoms with E-state index < -0.39 is 0 Å². The van der Waals surface area contributed by atoms with Gasteiger partial charge in [0.25, 0.3) is 5.91 Å². The van der Waals surface area contributed by atoms with Crippen LogP contribution in [0.15, 0.2) is 60.7 Å². The molecular weight excluding hydrogens is 390 g/mol. The highest BCUT2D eigenvalue weighted by atomic mass is 16.5. The Morgan fingerprint density at radius 1 is 1.00 bits per heavy atom. The Labute approximate surface area is 183 Å². The van der Waals surface area contributed by atoms with Gasteiger partial charge < -0.3 is 14.5 Å². The number of hydrogen-bond donors (Lipinski definition) is 2. The Bertz CT molecular complexity index is 919. The molecule has 2 heterocycles. The molecule has 162 valence electrons. The van der Waals surface area contributed by atoms with Gasteiger partial charge in [-0.25, -0.2) is 0 Å². The van der Waals surface area contributed by atoms with Crippen LogP contribution in [-0.2, 0) is 16.1 Å². The summed E-state index contributed by atoms with van der Waals surface area (Å²) < 4.78 is 5.18. The highest BCUT2D eigenvalue weighted by Crippen LogP contribution is 2.17. The van der Waals surface area contributed by atoms with Crippen LogP contribution in [0, 0.1) is 0 Å². The summed E-state index contributed by atoms with van der Waals surface area (Å²) in [6.07, 6.45) is 4.73. The summed E-state index contributed by atoms with van der Waals surface area (Å²) in [6.45, 7) is 5.22. The molecule has 6 heteroatoms. The lowest BCUT2D eigenvalue weighted by Gasteiger charge is -2.31. The summed E-state index contributed by atoms with van der Waals surface area (Å²) in [5, 5.41) is 0. The second-order valence-corrected chi connectivity index (χ2v) is 8.35. The van der Waals surface area contributed by atoms with E-state index in [1.165, 1.54) is 20.3 Å². The number of rotatable bonds is 7. The third kappa shape index (κ3) is 5.21. The van der Waals surface area contributed by atoms with Gasteiger partial charge in [0.15, 0.2) is 6.04 Å². The first-order valence-corrected chi connectivity index (χ1v) is 11.0. The van der Waals surface area contributed by atoms with Crippen LogP contribution in [0.1, 0.15) is 17.5 Å². The molecule has 2 aliphatic rings. The van der Waals surface area contributed by atoms with Crippen molar-refractivity contribution in [1.82, 2.24) is 4.90 Å². The molecule has 2 fully saturated rings. The normalized spacial score (nSPS) is 24.2. The molecule has 1 atom stereocenters. The number of ether oxygens (including phenoxy) is 1. The summed E-state index contributed by atoms with van der Waals surface area (Å²) in [5.74, 6) is 0.686. The first-order valence-electron chi connectivity index (χ1n) is 11.0. The number of piperazine rings is 1. The predicted octanol–water partition coefficient (Wildman–Crippen LogP) is -0.180. The van der Waals surface area contributed by atoms with Crippen LogP contribution < -0.4 is 14.5 Å². The van der Waals surface area contributed by atoms with Gasteiger partial charge in [-0.3, -0.25) is 14.5 Å². The number of likely N-dealkylation sites (tertiary alicyclic amines) is 1. The molecule has 0 spiro atoms. The number of nitrogens with one attached hydrogen (secondary N) is 2. The number of carbonyl (C=O) groups excluding carboxylic acids is 2. The van der Waals surface area contributed by atoms with Crippen molar-refractivity contribution in [3.8, 4) is 5.75 Å². The third-order valence-electron chi connectivity index (χ3n) is 6.35. The Morgan fingerprint density at radius 3 is 2.39 bits per heavy atom. The second kappa shape index (κ2) is 9.90. The number of benzene rings is 2. The fourth-order valence-electron chi connectivity index (χ4n) is 4.48. The molecule has 0 bridgehead atoms. The van der Waals surface area contributed by atoms with Crippen molar-refractivity contribution < 1.29 is 24.1 Å². The Kier molecular flexibility index (Phi) is 6.79. The molecule has 0 radical (unpaired) electrons. The minimum atomic E-state index is -0.229. The average molecular weight is 422 g/mol. The summed E-state index contributed by atoms with van der Waals surface area (Å²) in [7, 11) is 1.62. The smallest absolute Gasteiger partial charge is 0.288 e. The van der Waals surface area contributed by atoms with Gasteiger partial charge in [0.2, 0.25) is 5.91 Å². The van der Waals surface area contributed by atoms with Crippen LogP contribution in [0.5, 0.6) is 5.75 Å². The fraction of sp³-hybridized carbons (Fsp3) is 0.360. The van der Waals surface area contributed by atoms with Crippen LogP contribution in [0.4, 0.5) is 0 Å². The van der Waals surface area contributed by atoms with Crippen molar-refractivity contribution in [2.75, 3.05) is 39.8 Å². The quantitative estimate of drug-likeness (QED) is 0.610. The van der Waals surface area contributed by atoms with E-state index in [-0.39, 0.29) is 17.9 Å². The van der Waals surface area contributed by atoms with Gasteiger partial charge in [-0.15, -0.1) is 0 Å².